The Labute approximate surface area is 562 Å². The van der Waals surface area contributed by atoms with E-state index in [-0.39, 0.29) is 25.7 Å². The van der Waals surface area contributed by atoms with Crippen molar-refractivity contribution in [2.75, 3.05) is 39.6 Å². The van der Waals surface area contributed by atoms with Crippen molar-refractivity contribution in [3.8, 4) is 0 Å². The zero-order chi connectivity index (χ0) is 68.0. The standard InChI is InChI=1S/C73H142O17P2/c1-8-9-10-11-12-33-40-47-54-70(75)83-60-68(89-73(78)57-50-43-36-29-23-22-26-32-39-46-53-66(6)7)62-87-91(79,80)85-58-67(74)59-86-92(81,82)88-63-69(61-84-71(76)55-48-41-34-27-21-17-19-25-31-38-45-52-65(4)5)90-72(77)56-49-42-35-28-20-16-14-13-15-18-24-30-37-44-51-64(2)3/h64-69,74H,8-63H2,1-7H3,(H,79,80)(H,81,82)/t67-,68+,69+/m0/s1. The van der Waals surface area contributed by atoms with Crippen molar-refractivity contribution in [1.29, 1.82) is 0 Å². The Bertz CT molecular complexity index is 1800. The molecule has 0 heterocycles. The zero-order valence-corrected chi connectivity index (χ0v) is 61.8. The highest BCUT2D eigenvalue weighted by atomic mass is 31.2. The number of carbonyl (C=O) groups excluding carboxylic acids is 4. The maximum Gasteiger partial charge on any atom is 0.472 e. The van der Waals surface area contributed by atoms with Gasteiger partial charge in [0.15, 0.2) is 12.2 Å². The molecule has 2 unspecified atom stereocenters. The first-order valence-electron chi connectivity index (χ1n) is 37.8. The second kappa shape index (κ2) is 63.8. The number of ether oxygens (including phenoxy) is 4. The molecule has 0 aliphatic rings. The lowest BCUT2D eigenvalue weighted by atomic mass is 10.0. The van der Waals surface area contributed by atoms with E-state index in [4.69, 9.17) is 37.0 Å². The number of phosphoric acid groups is 2. The summed E-state index contributed by atoms with van der Waals surface area (Å²) in [6.07, 6.45) is 48.6. The number of phosphoric ester groups is 2. The summed E-state index contributed by atoms with van der Waals surface area (Å²) in [7, 11) is -9.90. The van der Waals surface area contributed by atoms with Gasteiger partial charge in [-0.25, -0.2) is 9.13 Å². The van der Waals surface area contributed by atoms with Crippen LogP contribution in [0.15, 0.2) is 0 Å². The molecule has 0 aromatic heterocycles. The third kappa shape index (κ3) is 66.7. The zero-order valence-electron chi connectivity index (χ0n) is 60.0. The molecule has 546 valence electrons. The van der Waals surface area contributed by atoms with Crippen molar-refractivity contribution in [3.63, 3.8) is 0 Å². The smallest absolute Gasteiger partial charge is 0.462 e. The van der Waals surface area contributed by atoms with E-state index in [1.54, 1.807) is 0 Å². The first-order valence-corrected chi connectivity index (χ1v) is 40.8. The van der Waals surface area contributed by atoms with E-state index in [1.807, 2.05) is 0 Å². The van der Waals surface area contributed by atoms with Gasteiger partial charge in [0.2, 0.25) is 0 Å². The molecule has 0 aromatic carbocycles. The number of carbonyl (C=O) groups is 4. The topological polar surface area (TPSA) is 237 Å². The normalized spacial score (nSPS) is 14.1. The van der Waals surface area contributed by atoms with Crippen LogP contribution < -0.4 is 0 Å². The summed E-state index contributed by atoms with van der Waals surface area (Å²) >= 11 is 0. The molecule has 0 saturated heterocycles. The fourth-order valence-electron chi connectivity index (χ4n) is 11.1. The maximum atomic E-state index is 13.1. The van der Waals surface area contributed by atoms with Gasteiger partial charge in [-0.15, -0.1) is 0 Å². The van der Waals surface area contributed by atoms with Crippen LogP contribution in [0.4, 0.5) is 0 Å². The maximum absolute atomic E-state index is 13.1. The molecule has 0 spiro atoms. The minimum Gasteiger partial charge on any atom is -0.462 e. The molecular weight excluding hydrogens is 1210 g/mol. The van der Waals surface area contributed by atoms with Gasteiger partial charge in [0.1, 0.15) is 19.3 Å². The van der Waals surface area contributed by atoms with E-state index in [0.717, 1.165) is 114 Å². The highest BCUT2D eigenvalue weighted by Gasteiger charge is 2.30. The van der Waals surface area contributed by atoms with Crippen molar-refractivity contribution >= 4 is 39.5 Å². The van der Waals surface area contributed by atoms with Crippen molar-refractivity contribution in [2.45, 2.75) is 388 Å². The predicted octanol–water partition coefficient (Wildman–Crippen LogP) is 21.0. The molecule has 19 heteroatoms. The van der Waals surface area contributed by atoms with Gasteiger partial charge >= 0.3 is 39.5 Å². The number of hydrogen-bond donors (Lipinski definition) is 3. The number of aliphatic hydroxyl groups excluding tert-OH is 1. The predicted molar refractivity (Wildman–Crippen MR) is 372 cm³/mol. The molecule has 92 heavy (non-hydrogen) atoms. The summed E-state index contributed by atoms with van der Waals surface area (Å²) in [5, 5.41) is 10.6. The lowest BCUT2D eigenvalue weighted by Crippen LogP contribution is -2.30. The van der Waals surface area contributed by atoms with Crippen LogP contribution >= 0.6 is 15.6 Å². The van der Waals surface area contributed by atoms with Crippen molar-refractivity contribution < 1.29 is 80.2 Å². The first kappa shape index (κ1) is 90.1. The molecule has 17 nitrogen and oxygen atoms in total. The van der Waals surface area contributed by atoms with Gasteiger partial charge in [-0.3, -0.25) is 37.3 Å². The van der Waals surface area contributed by atoms with Crippen LogP contribution in [0.2, 0.25) is 0 Å². The van der Waals surface area contributed by atoms with Crippen LogP contribution in [0, 0.1) is 17.8 Å². The van der Waals surface area contributed by atoms with Crippen LogP contribution in [0.3, 0.4) is 0 Å². The largest absolute Gasteiger partial charge is 0.472 e. The highest BCUT2D eigenvalue weighted by Crippen LogP contribution is 2.45. The van der Waals surface area contributed by atoms with Gasteiger partial charge in [0.25, 0.3) is 0 Å². The Morgan fingerprint density at radius 1 is 0.293 bits per heavy atom. The summed E-state index contributed by atoms with van der Waals surface area (Å²) in [6, 6.07) is 0. The molecule has 0 aliphatic heterocycles. The Balaban J connectivity index is 5.23. The number of esters is 4. The molecule has 0 rings (SSSR count). The summed E-state index contributed by atoms with van der Waals surface area (Å²) in [5.41, 5.74) is 0. The average molecular weight is 1350 g/mol. The SMILES string of the molecule is CCCCCCCCCCC(=O)OC[C@H](COP(=O)(O)OC[C@H](O)COP(=O)(O)OC[C@@H](COC(=O)CCCCCCCCCCCCCC(C)C)OC(=O)CCCCCCCCCCCCCCCCC(C)C)OC(=O)CCCCCCCCCCCCC(C)C. The van der Waals surface area contributed by atoms with Gasteiger partial charge < -0.3 is 33.8 Å². The molecule has 3 N–H and O–H groups in total. The van der Waals surface area contributed by atoms with E-state index in [9.17, 15) is 43.2 Å². The number of aliphatic hydroxyl groups is 1. The van der Waals surface area contributed by atoms with Crippen molar-refractivity contribution in [1.82, 2.24) is 0 Å². The van der Waals surface area contributed by atoms with E-state index in [1.165, 1.54) is 173 Å². The third-order valence-corrected chi connectivity index (χ3v) is 18.8. The van der Waals surface area contributed by atoms with E-state index >= 15 is 0 Å². The minimum absolute atomic E-state index is 0.106. The molecule has 0 aromatic rings. The molecule has 0 amide bonds. The second-order valence-electron chi connectivity index (χ2n) is 27.8. The van der Waals surface area contributed by atoms with E-state index < -0.39 is 97.5 Å². The monoisotopic (exact) mass is 1350 g/mol. The number of hydrogen-bond acceptors (Lipinski definition) is 15. The number of rotatable bonds is 71. The van der Waals surface area contributed by atoms with E-state index in [0.29, 0.717) is 25.7 Å². The molecular formula is C73H142O17P2. The molecule has 0 fully saturated rings. The van der Waals surface area contributed by atoms with Crippen molar-refractivity contribution in [3.05, 3.63) is 0 Å². The minimum atomic E-state index is -4.95. The summed E-state index contributed by atoms with van der Waals surface area (Å²) < 4.78 is 68.4. The first-order chi connectivity index (χ1) is 44.2. The fourth-order valence-corrected chi connectivity index (χ4v) is 12.7. The molecule has 0 saturated carbocycles. The Kier molecular flexibility index (Phi) is 62.4. The van der Waals surface area contributed by atoms with Crippen molar-refractivity contribution in [2.24, 2.45) is 17.8 Å². The van der Waals surface area contributed by atoms with Crippen LogP contribution in [0.1, 0.15) is 370 Å². The van der Waals surface area contributed by atoms with Gasteiger partial charge in [-0.1, -0.05) is 318 Å². The quantitative estimate of drug-likeness (QED) is 0.0222. The van der Waals surface area contributed by atoms with Gasteiger partial charge in [0.05, 0.1) is 26.4 Å². The Morgan fingerprint density at radius 3 is 0.739 bits per heavy atom. The average Bonchev–Trinajstić information content (AvgIpc) is 3.29. The van der Waals surface area contributed by atoms with Crippen LogP contribution in [0.25, 0.3) is 0 Å². The Morgan fingerprint density at radius 2 is 0.500 bits per heavy atom. The summed E-state index contributed by atoms with van der Waals surface area (Å²) in [4.78, 5) is 72.6. The molecule has 5 atom stereocenters. The lowest BCUT2D eigenvalue weighted by molar-refractivity contribution is -0.161. The van der Waals surface area contributed by atoms with Gasteiger partial charge in [0, 0.05) is 25.7 Å². The summed E-state index contributed by atoms with van der Waals surface area (Å²) in [5.74, 6) is 0.195. The van der Waals surface area contributed by atoms with Crippen LogP contribution in [0.5, 0.6) is 0 Å². The van der Waals surface area contributed by atoms with Gasteiger partial charge in [-0.05, 0) is 43.4 Å². The molecule has 0 bridgehead atoms. The van der Waals surface area contributed by atoms with E-state index in [2.05, 4.69) is 48.5 Å². The molecule has 0 radical (unpaired) electrons. The highest BCUT2D eigenvalue weighted by molar-refractivity contribution is 7.47. The van der Waals surface area contributed by atoms with Gasteiger partial charge in [-0.2, -0.15) is 0 Å². The number of unbranched alkanes of at least 4 members (excludes halogenated alkanes) is 39. The molecule has 0 aliphatic carbocycles. The lowest BCUT2D eigenvalue weighted by Gasteiger charge is -2.21. The van der Waals surface area contributed by atoms with Crippen LogP contribution in [-0.2, 0) is 65.4 Å². The second-order valence-corrected chi connectivity index (χ2v) is 30.7. The third-order valence-electron chi connectivity index (χ3n) is 16.9. The van der Waals surface area contributed by atoms with Crippen LogP contribution in [-0.4, -0.2) is 96.7 Å². The fraction of sp³-hybridized carbons (Fsp3) is 0.945. The Hall–Kier alpha value is -1.94. The summed E-state index contributed by atoms with van der Waals surface area (Å²) in [6.45, 7) is 11.9.